The Kier molecular flexibility index (Phi) is 6.61. The van der Waals surface area contributed by atoms with Gasteiger partial charge in [0.2, 0.25) is 0 Å². The van der Waals surface area contributed by atoms with Gasteiger partial charge in [0.05, 0.1) is 10.7 Å². The average Bonchev–Trinajstić information content (AvgIpc) is 2.38. The van der Waals surface area contributed by atoms with Crippen LogP contribution in [0.1, 0.15) is 52.4 Å². The molecular weight excluding hydrogens is 281 g/mol. The second-order valence-corrected chi connectivity index (χ2v) is 8.35. The molecule has 1 aliphatic rings. The molecule has 0 spiro atoms. The third-order valence-electron chi connectivity index (χ3n) is 3.95. The fourth-order valence-electron chi connectivity index (χ4n) is 2.50. The average molecular weight is 307 g/mol. The van der Waals surface area contributed by atoms with Gasteiger partial charge in [-0.1, -0.05) is 32.1 Å². The minimum absolute atomic E-state index is 0.405. The van der Waals surface area contributed by atoms with Crippen LogP contribution in [-0.2, 0) is 9.84 Å². The topological polar surface area (TPSA) is 80.4 Å². The molecule has 0 aromatic rings. The van der Waals surface area contributed by atoms with E-state index in [1.54, 1.807) is 0 Å². The van der Waals surface area contributed by atoms with Crippen molar-refractivity contribution in [1.82, 2.24) is 0 Å². The fourth-order valence-corrected chi connectivity index (χ4v) is 3.23. The summed E-state index contributed by atoms with van der Waals surface area (Å²) in [4.78, 5) is 0. The highest BCUT2D eigenvalue weighted by Crippen LogP contribution is 2.28. The summed E-state index contributed by atoms with van der Waals surface area (Å²) in [6.07, 6.45) is 4.61. The number of halogens is 1. The molecule has 1 rings (SSSR count). The van der Waals surface area contributed by atoms with Crippen molar-refractivity contribution in [3.05, 3.63) is 11.2 Å². The maximum absolute atomic E-state index is 13.8. The van der Waals surface area contributed by atoms with Gasteiger partial charge in [0, 0.05) is 6.04 Å². The highest BCUT2D eigenvalue weighted by Gasteiger charge is 2.26. The van der Waals surface area contributed by atoms with Gasteiger partial charge < -0.3 is 10.8 Å². The van der Waals surface area contributed by atoms with E-state index in [0.717, 1.165) is 25.7 Å². The Morgan fingerprint density at radius 2 is 1.90 bits per heavy atom. The number of sulfone groups is 1. The van der Waals surface area contributed by atoms with Gasteiger partial charge in [0.1, 0.15) is 11.9 Å². The molecule has 0 aromatic carbocycles. The van der Waals surface area contributed by atoms with Crippen molar-refractivity contribution in [2.75, 3.05) is 0 Å². The van der Waals surface area contributed by atoms with Crippen molar-refractivity contribution in [2.24, 2.45) is 11.7 Å². The molecular formula is C14H26FNO3S. The Morgan fingerprint density at radius 3 is 2.40 bits per heavy atom. The fraction of sp³-hybridized carbons (Fsp3) is 0.857. The SMILES string of the molecule is CC(C)S(=O)(=O)C=C(F)C(O)C(N)CC1CCCCC1. The van der Waals surface area contributed by atoms with Crippen LogP contribution in [0.5, 0.6) is 0 Å². The molecule has 1 aliphatic carbocycles. The zero-order chi connectivity index (χ0) is 15.3. The minimum atomic E-state index is -3.66. The molecule has 0 radical (unpaired) electrons. The zero-order valence-electron chi connectivity index (χ0n) is 12.3. The van der Waals surface area contributed by atoms with E-state index in [2.05, 4.69) is 0 Å². The van der Waals surface area contributed by atoms with Gasteiger partial charge in [-0.25, -0.2) is 12.8 Å². The van der Waals surface area contributed by atoms with Crippen LogP contribution in [0.4, 0.5) is 4.39 Å². The van der Waals surface area contributed by atoms with Crippen LogP contribution in [-0.4, -0.2) is 30.9 Å². The monoisotopic (exact) mass is 307 g/mol. The minimum Gasteiger partial charge on any atom is -0.384 e. The van der Waals surface area contributed by atoms with Crippen molar-refractivity contribution in [2.45, 2.75) is 69.8 Å². The van der Waals surface area contributed by atoms with E-state index >= 15 is 0 Å². The largest absolute Gasteiger partial charge is 0.384 e. The van der Waals surface area contributed by atoms with Crippen molar-refractivity contribution < 1.29 is 17.9 Å². The molecule has 20 heavy (non-hydrogen) atoms. The van der Waals surface area contributed by atoms with Crippen LogP contribution >= 0.6 is 0 Å². The van der Waals surface area contributed by atoms with E-state index in [-0.39, 0.29) is 0 Å². The zero-order valence-corrected chi connectivity index (χ0v) is 13.1. The van der Waals surface area contributed by atoms with Crippen molar-refractivity contribution in [1.29, 1.82) is 0 Å². The van der Waals surface area contributed by atoms with Gasteiger partial charge in [0.25, 0.3) is 0 Å². The van der Waals surface area contributed by atoms with E-state index in [1.165, 1.54) is 20.3 Å². The lowest BCUT2D eigenvalue weighted by Gasteiger charge is -2.26. The lowest BCUT2D eigenvalue weighted by atomic mass is 9.84. The summed E-state index contributed by atoms with van der Waals surface area (Å²) in [5.41, 5.74) is 5.82. The summed E-state index contributed by atoms with van der Waals surface area (Å²) in [5, 5.41) is 9.63. The Labute approximate surface area is 121 Å². The van der Waals surface area contributed by atoms with Crippen molar-refractivity contribution in [3.63, 3.8) is 0 Å². The maximum Gasteiger partial charge on any atom is 0.176 e. The van der Waals surface area contributed by atoms with E-state index < -0.39 is 33.1 Å². The number of aliphatic hydroxyl groups excluding tert-OH is 1. The van der Waals surface area contributed by atoms with Crippen LogP contribution in [0.3, 0.4) is 0 Å². The Balaban J connectivity index is 2.63. The number of aliphatic hydroxyl groups is 1. The van der Waals surface area contributed by atoms with E-state index in [0.29, 0.717) is 17.7 Å². The Hall–Kier alpha value is -0.460. The second kappa shape index (κ2) is 7.52. The molecule has 0 bridgehead atoms. The van der Waals surface area contributed by atoms with Crippen LogP contribution in [0.25, 0.3) is 0 Å². The van der Waals surface area contributed by atoms with Crippen LogP contribution in [0.15, 0.2) is 11.2 Å². The van der Waals surface area contributed by atoms with Crippen LogP contribution in [0, 0.1) is 5.92 Å². The number of hydrogen-bond acceptors (Lipinski definition) is 4. The molecule has 1 saturated carbocycles. The molecule has 0 heterocycles. The quantitative estimate of drug-likeness (QED) is 0.789. The van der Waals surface area contributed by atoms with Gasteiger partial charge in [0.15, 0.2) is 9.84 Å². The summed E-state index contributed by atoms with van der Waals surface area (Å²) < 4.78 is 37.0. The third kappa shape index (κ3) is 5.14. The molecule has 2 unspecified atom stereocenters. The smallest absolute Gasteiger partial charge is 0.176 e. The van der Waals surface area contributed by atoms with Crippen LogP contribution in [0.2, 0.25) is 0 Å². The number of hydrogen-bond donors (Lipinski definition) is 2. The summed E-state index contributed by atoms with van der Waals surface area (Å²) in [5.74, 6) is -0.648. The second-order valence-electron chi connectivity index (χ2n) is 5.99. The number of rotatable bonds is 6. The van der Waals surface area contributed by atoms with Gasteiger partial charge in [-0.15, -0.1) is 0 Å². The molecule has 6 heteroatoms. The Morgan fingerprint density at radius 1 is 1.35 bits per heavy atom. The third-order valence-corrected chi connectivity index (χ3v) is 5.82. The van der Waals surface area contributed by atoms with E-state index in [4.69, 9.17) is 5.73 Å². The first kappa shape index (κ1) is 17.6. The normalized spacial score (nSPS) is 22.0. The number of nitrogens with two attached hydrogens (primary N) is 1. The van der Waals surface area contributed by atoms with Crippen LogP contribution < -0.4 is 5.73 Å². The molecule has 0 aromatic heterocycles. The summed E-state index contributed by atoms with van der Waals surface area (Å²) >= 11 is 0. The van der Waals surface area contributed by atoms with Gasteiger partial charge in [-0.3, -0.25) is 0 Å². The standard InChI is InChI=1S/C14H26FNO3S/c1-10(2)20(18,19)9-12(15)14(17)13(16)8-11-6-4-3-5-7-11/h9-11,13-14,17H,3-8,16H2,1-2H3. The molecule has 1 fully saturated rings. The van der Waals surface area contributed by atoms with Crippen molar-refractivity contribution >= 4 is 9.84 Å². The van der Waals surface area contributed by atoms with Gasteiger partial charge in [-0.05, 0) is 26.2 Å². The first-order chi connectivity index (χ1) is 9.24. The summed E-state index contributed by atoms with van der Waals surface area (Å²) in [7, 11) is -3.66. The summed E-state index contributed by atoms with van der Waals surface area (Å²) in [6.45, 7) is 2.93. The molecule has 0 aliphatic heterocycles. The summed E-state index contributed by atoms with van der Waals surface area (Å²) in [6, 6.07) is -0.753. The maximum atomic E-state index is 13.8. The molecule has 0 saturated heterocycles. The first-order valence-electron chi connectivity index (χ1n) is 7.28. The van der Waals surface area contributed by atoms with Gasteiger partial charge >= 0.3 is 0 Å². The molecule has 3 N–H and O–H groups in total. The van der Waals surface area contributed by atoms with Crippen molar-refractivity contribution in [3.8, 4) is 0 Å². The van der Waals surface area contributed by atoms with E-state index in [9.17, 15) is 17.9 Å². The molecule has 118 valence electrons. The lowest BCUT2D eigenvalue weighted by Crippen LogP contribution is -2.37. The molecule has 2 atom stereocenters. The first-order valence-corrected chi connectivity index (χ1v) is 8.89. The van der Waals surface area contributed by atoms with Gasteiger partial charge in [-0.2, -0.15) is 0 Å². The highest BCUT2D eigenvalue weighted by molar-refractivity contribution is 7.94. The predicted octanol–water partition coefficient (Wildman–Crippen LogP) is 2.28. The molecule has 4 nitrogen and oxygen atoms in total. The Bertz CT molecular complexity index is 428. The lowest BCUT2D eigenvalue weighted by molar-refractivity contribution is 0.136. The highest BCUT2D eigenvalue weighted by atomic mass is 32.2. The van der Waals surface area contributed by atoms with E-state index in [1.807, 2.05) is 0 Å². The molecule has 0 amide bonds. The predicted molar refractivity (Wildman–Crippen MR) is 78.4 cm³/mol.